The molecule has 1 aromatic rings. The lowest BCUT2D eigenvalue weighted by Gasteiger charge is -2.05. The molecule has 0 radical (unpaired) electrons. The molecule has 0 bridgehead atoms. The highest BCUT2D eigenvalue weighted by atomic mass is 79.9. The van der Waals surface area contributed by atoms with E-state index in [0.717, 1.165) is 0 Å². The Kier molecular flexibility index (Phi) is 4.94. The third-order valence-electron chi connectivity index (χ3n) is 1.71. The maximum atomic E-state index is 11.7. The van der Waals surface area contributed by atoms with Gasteiger partial charge in [-0.1, -0.05) is 0 Å². The molecular weight excluding hydrogens is 320 g/mol. The van der Waals surface area contributed by atoms with Gasteiger partial charge in [0, 0.05) is 12.1 Å². The number of nitrogens with zero attached hydrogens (tertiary/aromatic N) is 2. The molecule has 0 unspecified atom stereocenters. The Bertz CT molecular complexity index is 466. The maximum Gasteiger partial charge on any atom is 0.250 e. The maximum absolute atomic E-state index is 11.7. The van der Waals surface area contributed by atoms with Crippen LogP contribution in [0.15, 0.2) is 15.8 Å². The Morgan fingerprint density at radius 2 is 2.25 bits per heavy atom. The summed E-state index contributed by atoms with van der Waals surface area (Å²) >= 11 is 8.59. The van der Waals surface area contributed by atoms with E-state index in [2.05, 4.69) is 25.9 Å². The molecule has 1 heterocycles. The van der Waals surface area contributed by atoms with Crippen molar-refractivity contribution in [1.29, 1.82) is 0 Å². The third kappa shape index (κ3) is 3.29. The fraction of sp³-hybridized carbons (Fsp3) is 0.500. The van der Waals surface area contributed by atoms with Crippen molar-refractivity contribution in [2.45, 2.75) is 11.6 Å². The van der Waals surface area contributed by atoms with Crippen LogP contribution in [0.5, 0.6) is 5.88 Å². The first-order chi connectivity index (χ1) is 7.51. The number of methoxy groups -OCH3 is 1. The van der Waals surface area contributed by atoms with Gasteiger partial charge in [0.25, 0.3) is 0 Å². The van der Waals surface area contributed by atoms with E-state index in [-0.39, 0.29) is 22.7 Å². The molecule has 8 heteroatoms. The van der Waals surface area contributed by atoms with Crippen molar-refractivity contribution in [3.8, 4) is 5.88 Å². The average molecular weight is 330 g/mol. The molecule has 0 fully saturated rings. The van der Waals surface area contributed by atoms with Gasteiger partial charge in [0.05, 0.1) is 17.3 Å². The second-order valence-corrected chi connectivity index (χ2v) is 6.11. The molecule has 16 heavy (non-hydrogen) atoms. The van der Waals surface area contributed by atoms with Gasteiger partial charge in [0.1, 0.15) is 0 Å². The summed E-state index contributed by atoms with van der Waals surface area (Å²) in [5.74, 6) is 0.410. The molecule has 0 aromatic carbocycles. The SMILES string of the molecule is COc1nc(S(=O)(=O)CCCCl)ncc1Br. The van der Waals surface area contributed by atoms with Crippen LogP contribution in [0.25, 0.3) is 0 Å². The zero-order valence-electron chi connectivity index (χ0n) is 8.48. The average Bonchev–Trinajstić information content (AvgIpc) is 2.27. The summed E-state index contributed by atoms with van der Waals surface area (Å²) < 4.78 is 28.8. The van der Waals surface area contributed by atoms with Crippen molar-refractivity contribution < 1.29 is 13.2 Å². The quantitative estimate of drug-likeness (QED) is 0.607. The molecule has 0 saturated carbocycles. The van der Waals surface area contributed by atoms with E-state index in [0.29, 0.717) is 10.9 Å². The van der Waals surface area contributed by atoms with Crippen molar-refractivity contribution in [3.63, 3.8) is 0 Å². The fourth-order valence-electron chi connectivity index (χ4n) is 0.965. The van der Waals surface area contributed by atoms with E-state index >= 15 is 0 Å². The second kappa shape index (κ2) is 5.79. The highest BCUT2D eigenvalue weighted by Gasteiger charge is 2.19. The number of halogens is 2. The number of alkyl halides is 1. The lowest BCUT2D eigenvalue weighted by molar-refractivity contribution is 0.388. The first-order valence-electron chi connectivity index (χ1n) is 4.36. The summed E-state index contributed by atoms with van der Waals surface area (Å²) in [6, 6.07) is 0. The van der Waals surface area contributed by atoms with Crippen LogP contribution in [-0.2, 0) is 9.84 Å². The minimum Gasteiger partial charge on any atom is -0.480 e. The van der Waals surface area contributed by atoms with Gasteiger partial charge in [0.2, 0.25) is 20.9 Å². The lowest BCUT2D eigenvalue weighted by Crippen LogP contribution is -2.12. The van der Waals surface area contributed by atoms with Gasteiger partial charge >= 0.3 is 0 Å². The van der Waals surface area contributed by atoms with E-state index in [4.69, 9.17) is 16.3 Å². The van der Waals surface area contributed by atoms with Crippen LogP contribution < -0.4 is 4.74 Å². The smallest absolute Gasteiger partial charge is 0.250 e. The molecule has 0 aliphatic rings. The fourth-order valence-corrected chi connectivity index (χ4v) is 2.75. The molecule has 5 nitrogen and oxygen atoms in total. The van der Waals surface area contributed by atoms with Crippen LogP contribution in [-0.4, -0.2) is 37.1 Å². The minimum absolute atomic E-state index is 0.0682. The van der Waals surface area contributed by atoms with Gasteiger partial charge in [0.15, 0.2) is 0 Å². The number of ether oxygens (including phenoxy) is 1. The molecule has 0 amide bonds. The van der Waals surface area contributed by atoms with E-state index in [9.17, 15) is 8.42 Å². The molecule has 0 aliphatic carbocycles. The normalized spacial score (nSPS) is 11.4. The van der Waals surface area contributed by atoms with Crippen LogP contribution in [0, 0.1) is 0 Å². The largest absolute Gasteiger partial charge is 0.480 e. The summed E-state index contributed by atoms with van der Waals surface area (Å²) in [6.07, 6.45) is 1.71. The highest BCUT2D eigenvalue weighted by molar-refractivity contribution is 9.10. The van der Waals surface area contributed by atoms with Gasteiger partial charge in [-0.05, 0) is 22.4 Å². The van der Waals surface area contributed by atoms with Crippen LogP contribution in [0.2, 0.25) is 0 Å². The third-order valence-corrected chi connectivity index (χ3v) is 4.10. The molecular formula is C8H10BrClN2O3S. The minimum atomic E-state index is -3.48. The Balaban J connectivity index is 3.04. The Morgan fingerprint density at radius 1 is 1.56 bits per heavy atom. The molecule has 0 atom stereocenters. The summed E-state index contributed by atoms with van der Waals surface area (Å²) in [5.41, 5.74) is 0. The molecule has 0 aliphatic heterocycles. The van der Waals surface area contributed by atoms with Crippen molar-refractivity contribution >= 4 is 37.4 Å². The summed E-state index contributed by atoms with van der Waals surface area (Å²) in [7, 11) is -2.07. The van der Waals surface area contributed by atoms with Gasteiger partial charge in [-0.25, -0.2) is 13.4 Å². The lowest BCUT2D eigenvalue weighted by atomic mass is 10.6. The highest BCUT2D eigenvalue weighted by Crippen LogP contribution is 2.22. The Labute approximate surface area is 107 Å². The van der Waals surface area contributed by atoms with Crippen LogP contribution in [0.1, 0.15) is 6.42 Å². The molecule has 90 valence electrons. The second-order valence-electron chi connectivity index (χ2n) is 2.87. The monoisotopic (exact) mass is 328 g/mol. The van der Waals surface area contributed by atoms with E-state index in [1.54, 1.807) is 0 Å². The van der Waals surface area contributed by atoms with Crippen molar-refractivity contribution in [2.24, 2.45) is 0 Å². The number of hydrogen-bond donors (Lipinski definition) is 0. The summed E-state index contributed by atoms with van der Waals surface area (Å²) in [6.45, 7) is 0. The van der Waals surface area contributed by atoms with Gasteiger partial charge in [-0.15, -0.1) is 11.6 Å². The first kappa shape index (κ1) is 13.7. The van der Waals surface area contributed by atoms with Gasteiger partial charge in [-0.2, -0.15) is 4.98 Å². The predicted molar refractivity (Wildman–Crippen MR) is 63.7 cm³/mol. The molecule has 0 saturated heterocycles. The zero-order chi connectivity index (χ0) is 12.2. The first-order valence-corrected chi connectivity index (χ1v) is 7.34. The number of hydrogen-bond acceptors (Lipinski definition) is 5. The summed E-state index contributed by atoms with van der Waals surface area (Å²) in [5, 5.41) is -0.238. The molecule has 0 spiro atoms. The van der Waals surface area contributed by atoms with E-state index in [1.165, 1.54) is 13.3 Å². The van der Waals surface area contributed by atoms with E-state index in [1.807, 2.05) is 0 Å². The van der Waals surface area contributed by atoms with Crippen LogP contribution in [0.4, 0.5) is 0 Å². The number of sulfone groups is 1. The number of rotatable bonds is 5. The standard InChI is InChI=1S/C8H10BrClN2O3S/c1-15-7-6(9)5-11-8(12-7)16(13,14)4-2-3-10/h5H,2-4H2,1H3. The Hall–Kier alpha value is -0.400. The van der Waals surface area contributed by atoms with Crippen LogP contribution >= 0.6 is 27.5 Å². The molecule has 0 N–H and O–H groups in total. The van der Waals surface area contributed by atoms with Crippen molar-refractivity contribution in [2.75, 3.05) is 18.7 Å². The van der Waals surface area contributed by atoms with Crippen molar-refractivity contribution in [1.82, 2.24) is 9.97 Å². The molecule has 1 rings (SSSR count). The predicted octanol–water partition coefficient (Wildman–Crippen LogP) is 1.65. The summed E-state index contributed by atoms with van der Waals surface area (Å²) in [4.78, 5) is 7.55. The van der Waals surface area contributed by atoms with Crippen molar-refractivity contribution in [3.05, 3.63) is 10.7 Å². The van der Waals surface area contributed by atoms with Gasteiger partial charge < -0.3 is 4.74 Å². The number of aromatic nitrogens is 2. The zero-order valence-corrected chi connectivity index (χ0v) is 11.6. The molecule has 1 aromatic heterocycles. The topological polar surface area (TPSA) is 69.2 Å². The van der Waals surface area contributed by atoms with Crippen LogP contribution in [0.3, 0.4) is 0 Å². The van der Waals surface area contributed by atoms with Gasteiger partial charge in [-0.3, -0.25) is 0 Å². The van der Waals surface area contributed by atoms with E-state index < -0.39 is 9.84 Å². The Morgan fingerprint density at radius 3 is 2.81 bits per heavy atom.